The zero-order valence-electron chi connectivity index (χ0n) is 9.61. The standard InChI is InChI=1S/C13H12N2O3/c16-13(17)11-3-6-15-9-12(11)18-7-4-10-2-1-5-14-8-10/h1-3,5-6,8-9H,4,7H2,(H,16,17). The number of aromatic nitrogens is 2. The largest absolute Gasteiger partial charge is 0.491 e. The van der Waals surface area contributed by atoms with E-state index < -0.39 is 5.97 Å². The molecule has 18 heavy (non-hydrogen) atoms. The minimum atomic E-state index is -1.02. The van der Waals surface area contributed by atoms with E-state index in [1.54, 1.807) is 12.4 Å². The molecule has 0 radical (unpaired) electrons. The first kappa shape index (κ1) is 12.0. The Kier molecular flexibility index (Phi) is 3.86. The van der Waals surface area contributed by atoms with Gasteiger partial charge in [0.05, 0.1) is 12.8 Å². The quantitative estimate of drug-likeness (QED) is 0.868. The summed E-state index contributed by atoms with van der Waals surface area (Å²) in [6, 6.07) is 5.21. The van der Waals surface area contributed by atoms with Gasteiger partial charge in [0.25, 0.3) is 0 Å². The van der Waals surface area contributed by atoms with E-state index in [2.05, 4.69) is 9.97 Å². The first-order chi connectivity index (χ1) is 8.77. The van der Waals surface area contributed by atoms with Crippen LogP contribution in [0.5, 0.6) is 5.75 Å². The molecule has 0 bridgehead atoms. The smallest absolute Gasteiger partial charge is 0.339 e. The number of pyridine rings is 2. The van der Waals surface area contributed by atoms with Gasteiger partial charge in [-0.05, 0) is 17.7 Å². The van der Waals surface area contributed by atoms with Crippen LogP contribution < -0.4 is 4.74 Å². The van der Waals surface area contributed by atoms with E-state index in [1.165, 1.54) is 18.5 Å². The highest BCUT2D eigenvalue weighted by Gasteiger charge is 2.10. The van der Waals surface area contributed by atoms with Crippen molar-refractivity contribution in [2.45, 2.75) is 6.42 Å². The summed E-state index contributed by atoms with van der Waals surface area (Å²) in [6.45, 7) is 0.387. The minimum Gasteiger partial charge on any atom is -0.491 e. The van der Waals surface area contributed by atoms with E-state index in [4.69, 9.17) is 9.84 Å². The van der Waals surface area contributed by atoms with Gasteiger partial charge < -0.3 is 9.84 Å². The Morgan fingerprint density at radius 3 is 2.78 bits per heavy atom. The van der Waals surface area contributed by atoms with Gasteiger partial charge in [-0.3, -0.25) is 9.97 Å². The van der Waals surface area contributed by atoms with Crippen molar-refractivity contribution in [2.24, 2.45) is 0 Å². The molecular weight excluding hydrogens is 232 g/mol. The summed E-state index contributed by atoms with van der Waals surface area (Å²) in [5.74, 6) is -0.734. The van der Waals surface area contributed by atoms with Crippen LogP contribution in [0, 0.1) is 0 Å². The fourth-order valence-electron chi connectivity index (χ4n) is 1.50. The van der Waals surface area contributed by atoms with Gasteiger partial charge in [0.15, 0.2) is 5.75 Å². The molecule has 1 N–H and O–H groups in total. The first-order valence-electron chi connectivity index (χ1n) is 5.46. The zero-order valence-corrected chi connectivity index (χ0v) is 9.61. The summed E-state index contributed by atoms with van der Waals surface area (Å²) in [6.07, 6.45) is 6.96. The lowest BCUT2D eigenvalue weighted by atomic mass is 10.2. The van der Waals surface area contributed by atoms with Crippen molar-refractivity contribution in [3.63, 3.8) is 0 Å². The Morgan fingerprint density at radius 2 is 2.06 bits per heavy atom. The topological polar surface area (TPSA) is 72.3 Å². The zero-order chi connectivity index (χ0) is 12.8. The van der Waals surface area contributed by atoms with Gasteiger partial charge in [-0.2, -0.15) is 0 Å². The highest BCUT2D eigenvalue weighted by atomic mass is 16.5. The average Bonchev–Trinajstić information content (AvgIpc) is 2.40. The van der Waals surface area contributed by atoms with Crippen LogP contribution in [0.3, 0.4) is 0 Å². The third kappa shape index (κ3) is 3.04. The Labute approximate surface area is 104 Å². The van der Waals surface area contributed by atoms with Gasteiger partial charge >= 0.3 is 5.97 Å². The second-order valence-corrected chi connectivity index (χ2v) is 3.64. The predicted molar refractivity (Wildman–Crippen MR) is 64.6 cm³/mol. The molecular formula is C13H12N2O3. The van der Waals surface area contributed by atoms with Gasteiger partial charge in [0.1, 0.15) is 5.56 Å². The van der Waals surface area contributed by atoms with Gasteiger partial charge in [-0.15, -0.1) is 0 Å². The summed E-state index contributed by atoms with van der Waals surface area (Å²) in [5.41, 5.74) is 1.16. The SMILES string of the molecule is O=C(O)c1ccncc1OCCc1cccnc1. The molecule has 5 heteroatoms. The van der Waals surface area contributed by atoms with Crippen LogP contribution in [0.25, 0.3) is 0 Å². The lowest BCUT2D eigenvalue weighted by Crippen LogP contribution is -2.06. The van der Waals surface area contributed by atoms with Crippen molar-refractivity contribution < 1.29 is 14.6 Å². The van der Waals surface area contributed by atoms with E-state index >= 15 is 0 Å². The Hall–Kier alpha value is -2.43. The number of hydrogen-bond donors (Lipinski definition) is 1. The fraction of sp³-hybridized carbons (Fsp3) is 0.154. The van der Waals surface area contributed by atoms with Crippen LogP contribution in [-0.4, -0.2) is 27.7 Å². The van der Waals surface area contributed by atoms with Gasteiger partial charge in [0.2, 0.25) is 0 Å². The monoisotopic (exact) mass is 244 g/mol. The third-order valence-electron chi connectivity index (χ3n) is 2.39. The summed E-state index contributed by atoms with van der Waals surface area (Å²) < 4.78 is 5.43. The molecule has 2 rings (SSSR count). The summed E-state index contributed by atoms with van der Waals surface area (Å²) in [4.78, 5) is 18.8. The van der Waals surface area contributed by atoms with Crippen molar-refractivity contribution in [3.8, 4) is 5.75 Å². The van der Waals surface area contributed by atoms with Gasteiger partial charge in [0, 0.05) is 25.0 Å². The van der Waals surface area contributed by atoms with Crippen LogP contribution in [0.4, 0.5) is 0 Å². The van der Waals surface area contributed by atoms with Crippen molar-refractivity contribution in [3.05, 3.63) is 54.1 Å². The summed E-state index contributed by atoms with van der Waals surface area (Å²) in [5, 5.41) is 8.96. The molecule has 0 aliphatic heterocycles. The molecule has 92 valence electrons. The molecule has 0 spiro atoms. The molecule has 2 aromatic rings. The van der Waals surface area contributed by atoms with Crippen LogP contribution in [-0.2, 0) is 6.42 Å². The van der Waals surface area contributed by atoms with Crippen molar-refractivity contribution in [1.29, 1.82) is 0 Å². The summed E-state index contributed by atoms with van der Waals surface area (Å²) >= 11 is 0. The first-order valence-corrected chi connectivity index (χ1v) is 5.46. The van der Waals surface area contributed by atoms with E-state index in [1.807, 2.05) is 12.1 Å². The molecule has 2 heterocycles. The number of nitrogens with zero attached hydrogens (tertiary/aromatic N) is 2. The van der Waals surface area contributed by atoms with Gasteiger partial charge in [-0.25, -0.2) is 4.79 Å². The molecule has 0 aliphatic rings. The number of rotatable bonds is 5. The molecule has 0 unspecified atom stereocenters. The molecule has 0 atom stereocenters. The van der Waals surface area contributed by atoms with Crippen molar-refractivity contribution in [1.82, 2.24) is 9.97 Å². The lowest BCUT2D eigenvalue weighted by Gasteiger charge is -2.08. The van der Waals surface area contributed by atoms with Crippen LogP contribution >= 0.6 is 0 Å². The normalized spacial score (nSPS) is 10.0. The summed E-state index contributed by atoms with van der Waals surface area (Å²) in [7, 11) is 0. The highest BCUT2D eigenvalue weighted by Crippen LogP contribution is 2.16. The van der Waals surface area contributed by atoms with E-state index in [0.717, 1.165) is 5.56 Å². The molecule has 2 aromatic heterocycles. The maximum Gasteiger partial charge on any atom is 0.339 e. The molecule has 0 aromatic carbocycles. The fourth-order valence-corrected chi connectivity index (χ4v) is 1.50. The third-order valence-corrected chi connectivity index (χ3v) is 2.39. The van der Waals surface area contributed by atoms with Crippen LogP contribution in [0.15, 0.2) is 43.0 Å². The molecule has 0 saturated carbocycles. The number of aromatic carboxylic acids is 1. The van der Waals surface area contributed by atoms with Crippen molar-refractivity contribution in [2.75, 3.05) is 6.61 Å². The maximum absolute atomic E-state index is 10.9. The van der Waals surface area contributed by atoms with Crippen molar-refractivity contribution >= 4 is 5.97 Å². The predicted octanol–water partition coefficient (Wildman–Crippen LogP) is 1.80. The van der Waals surface area contributed by atoms with Crippen LogP contribution in [0.1, 0.15) is 15.9 Å². The number of ether oxygens (including phenoxy) is 1. The molecule has 0 fully saturated rings. The lowest BCUT2D eigenvalue weighted by molar-refractivity contribution is 0.0692. The number of carbonyl (C=O) groups is 1. The molecule has 0 saturated heterocycles. The minimum absolute atomic E-state index is 0.121. The van der Waals surface area contributed by atoms with E-state index in [0.29, 0.717) is 13.0 Å². The Bertz CT molecular complexity index is 529. The molecule has 0 amide bonds. The highest BCUT2D eigenvalue weighted by molar-refractivity contribution is 5.90. The number of carboxylic acids is 1. The Balaban J connectivity index is 1.97. The van der Waals surface area contributed by atoms with E-state index in [-0.39, 0.29) is 11.3 Å². The molecule has 5 nitrogen and oxygen atoms in total. The average molecular weight is 244 g/mol. The van der Waals surface area contributed by atoms with Gasteiger partial charge in [-0.1, -0.05) is 6.07 Å². The number of hydrogen-bond acceptors (Lipinski definition) is 4. The second-order valence-electron chi connectivity index (χ2n) is 3.64. The maximum atomic E-state index is 10.9. The van der Waals surface area contributed by atoms with E-state index in [9.17, 15) is 4.79 Å². The molecule has 0 aliphatic carbocycles. The second kappa shape index (κ2) is 5.77. The van der Waals surface area contributed by atoms with Crippen LogP contribution in [0.2, 0.25) is 0 Å². The number of carboxylic acid groups (broad SMARTS) is 1. The Morgan fingerprint density at radius 1 is 1.22 bits per heavy atom.